The number of methoxy groups -OCH3 is 1. The van der Waals surface area contributed by atoms with Crippen molar-refractivity contribution in [2.75, 3.05) is 56.8 Å². The van der Waals surface area contributed by atoms with Crippen LogP contribution >= 0.6 is 0 Å². The van der Waals surface area contributed by atoms with Gasteiger partial charge in [0.1, 0.15) is 17.9 Å². The minimum atomic E-state index is -0.230. The number of imidazole rings is 1. The molecule has 1 saturated heterocycles. The van der Waals surface area contributed by atoms with E-state index in [1.54, 1.807) is 25.6 Å². The number of fused-ring (bicyclic) bond motifs is 2. The molecule has 0 spiro atoms. The number of rotatable bonds is 6. The fourth-order valence-electron chi connectivity index (χ4n) is 4.63. The maximum absolute atomic E-state index is 12.5. The molecule has 1 fully saturated rings. The molecule has 0 unspecified atom stereocenters. The van der Waals surface area contributed by atoms with E-state index in [0.29, 0.717) is 72.8 Å². The maximum atomic E-state index is 12.5. The summed E-state index contributed by atoms with van der Waals surface area (Å²) < 4.78 is 18.7. The third kappa shape index (κ3) is 4.55. The van der Waals surface area contributed by atoms with E-state index in [-0.39, 0.29) is 18.6 Å². The Balaban J connectivity index is 1.33. The number of ether oxygens (including phenoxy) is 3. The fraction of sp³-hybridized carbons (Fsp3) is 0.308. The van der Waals surface area contributed by atoms with Gasteiger partial charge in [0.2, 0.25) is 5.88 Å². The molecule has 12 nitrogen and oxygen atoms in total. The normalized spacial score (nSPS) is 17.4. The molecule has 0 aliphatic carbocycles. The van der Waals surface area contributed by atoms with Crippen molar-refractivity contribution in [3.8, 4) is 22.9 Å². The summed E-state index contributed by atoms with van der Waals surface area (Å²) in [5.74, 6) is 1.30. The summed E-state index contributed by atoms with van der Waals surface area (Å²) in [6.45, 7) is 2.58. The summed E-state index contributed by atoms with van der Waals surface area (Å²) in [5.41, 5.74) is 3.97. The Kier molecular flexibility index (Phi) is 6.40. The summed E-state index contributed by atoms with van der Waals surface area (Å²) in [7, 11) is 1.63. The van der Waals surface area contributed by atoms with E-state index in [2.05, 4.69) is 25.5 Å². The SMILES string of the molecule is COc1cc(Nc2nc(-c3cnc4c(c3)C(=O)NCCO4)cn3ccnc23)ccc1N1CCO[C@@H](CO)C1. The third-order valence-corrected chi connectivity index (χ3v) is 6.52. The molecule has 4 aromatic rings. The number of carbonyl (C=O) groups excluding carboxylic acids is 1. The van der Waals surface area contributed by atoms with Crippen molar-refractivity contribution in [1.82, 2.24) is 24.7 Å². The summed E-state index contributed by atoms with van der Waals surface area (Å²) in [6, 6.07) is 7.55. The quantitative estimate of drug-likeness (QED) is 0.348. The number of aromatic nitrogens is 4. The smallest absolute Gasteiger partial charge is 0.256 e. The molecular formula is C26H27N7O5. The van der Waals surface area contributed by atoms with Crippen LogP contribution in [0.2, 0.25) is 0 Å². The van der Waals surface area contributed by atoms with Gasteiger partial charge < -0.3 is 39.3 Å². The van der Waals surface area contributed by atoms with Crippen molar-refractivity contribution in [3.63, 3.8) is 0 Å². The van der Waals surface area contributed by atoms with Gasteiger partial charge in [0, 0.05) is 55.2 Å². The van der Waals surface area contributed by atoms with Crippen LogP contribution in [-0.4, -0.2) is 83.0 Å². The lowest BCUT2D eigenvalue weighted by Crippen LogP contribution is -2.44. The molecule has 6 rings (SSSR count). The highest BCUT2D eigenvalue weighted by Crippen LogP contribution is 2.34. The molecule has 2 aliphatic rings. The van der Waals surface area contributed by atoms with E-state index in [1.807, 2.05) is 35.0 Å². The highest BCUT2D eigenvalue weighted by molar-refractivity contribution is 5.97. The van der Waals surface area contributed by atoms with Crippen molar-refractivity contribution in [1.29, 1.82) is 0 Å². The molecule has 0 radical (unpaired) electrons. The molecule has 5 heterocycles. The molecule has 0 bridgehead atoms. The van der Waals surface area contributed by atoms with E-state index in [0.717, 1.165) is 11.4 Å². The number of carbonyl (C=O) groups is 1. The van der Waals surface area contributed by atoms with Crippen molar-refractivity contribution < 1.29 is 24.1 Å². The highest BCUT2D eigenvalue weighted by atomic mass is 16.5. The van der Waals surface area contributed by atoms with E-state index in [1.165, 1.54) is 0 Å². The van der Waals surface area contributed by atoms with Gasteiger partial charge in [-0.05, 0) is 18.2 Å². The number of aliphatic hydroxyl groups excluding tert-OH is 1. The van der Waals surface area contributed by atoms with Crippen molar-refractivity contribution in [2.24, 2.45) is 0 Å². The molecule has 3 N–H and O–H groups in total. The molecule has 1 amide bonds. The second-order valence-electron chi connectivity index (χ2n) is 8.95. The highest BCUT2D eigenvalue weighted by Gasteiger charge is 2.23. The van der Waals surface area contributed by atoms with Crippen LogP contribution in [0.25, 0.3) is 16.9 Å². The van der Waals surface area contributed by atoms with Crippen LogP contribution in [0.3, 0.4) is 0 Å². The average molecular weight is 518 g/mol. The number of benzene rings is 1. The van der Waals surface area contributed by atoms with Gasteiger partial charge in [0.25, 0.3) is 5.91 Å². The molecule has 196 valence electrons. The monoisotopic (exact) mass is 517 g/mol. The van der Waals surface area contributed by atoms with Gasteiger partial charge in [-0.15, -0.1) is 0 Å². The van der Waals surface area contributed by atoms with E-state index in [9.17, 15) is 9.90 Å². The molecule has 3 aromatic heterocycles. The number of hydrogen-bond donors (Lipinski definition) is 3. The van der Waals surface area contributed by atoms with Crippen molar-refractivity contribution in [3.05, 3.63) is 54.6 Å². The topological polar surface area (TPSA) is 135 Å². The van der Waals surface area contributed by atoms with Crippen molar-refractivity contribution >= 4 is 28.7 Å². The Labute approximate surface area is 218 Å². The van der Waals surface area contributed by atoms with Crippen LogP contribution < -0.4 is 25.0 Å². The summed E-state index contributed by atoms with van der Waals surface area (Å²) in [4.78, 5) is 28.3. The molecule has 12 heteroatoms. The number of morpholine rings is 1. The Morgan fingerprint density at radius 1 is 1.26 bits per heavy atom. The average Bonchev–Trinajstić information content (AvgIpc) is 3.36. The number of hydrogen-bond acceptors (Lipinski definition) is 10. The number of aliphatic hydroxyl groups is 1. The van der Waals surface area contributed by atoms with Gasteiger partial charge >= 0.3 is 0 Å². The van der Waals surface area contributed by atoms with Crippen LogP contribution in [0.15, 0.2) is 49.1 Å². The number of anilines is 3. The minimum Gasteiger partial charge on any atom is -0.495 e. The van der Waals surface area contributed by atoms with Crippen LogP contribution in [0, 0.1) is 0 Å². The lowest BCUT2D eigenvalue weighted by molar-refractivity contribution is 0.00347. The second kappa shape index (κ2) is 10.1. The first kappa shape index (κ1) is 23.9. The first-order chi connectivity index (χ1) is 18.6. The molecule has 1 aromatic carbocycles. The fourth-order valence-corrected chi connectivity index (χ4v) is 4.63. The first-order valence-electron chi connectivity index (χ1n) is 12.3. The van der Waals surface area contributed by atoms with Gasteiger partial charge in [-0.2, -0.15) is 0 Å². The van der Waals surface area contributed by atoms with E-state index < -0.39 is 0 Å². The zero-order valence-electron chi connectivity index (χ0n) is 20.8. The van der Waals surface area contributed by atoms with Gasteiger partial charge in [-0.3, -0.25) is 4.79 Å². The van der Waals surface area contributed by atoms with E-state index >= 15 is 0 Å². The van der Waals surface area contributed by atoms with Gasteiger partial charge in [-0.1, -0.05) is 0 Å². The van der Waals surface area contributed by atoms with Crippen LogP contribution in [0.1, 0.15) is 10.4 Å². The number of nitrogens with zero attached hydrogens (tertiary/aromatic N) is 5. The lowest BCUT2D eigenvalue weighted by Gasteiger charge is -2.34. The largest absolute Gasteiger partial charge is 0.495 e. The summed E-state index contributed by atoms with van der Waals surface area (Å²) in [5, 5.41) is 15.7. The molecule has 0 saturated carbocycles. The maximum Gasteiger partial charge on any atom is 0.256 e. The molecule has 38 heavy (non-hydrogen) atoms. The molecule has 1 atom stereocenters. The zero-order valence-corrected chi connectivity index (χ0v) is 20.8. The predicted molar refractivity (Wildman–Crippen MR) is 139 cm³/mol. The second-order valence-corrected chi connectivity index (χ2v) is 8.95. The summed E-state index contributed by atoms with van der Waals surface area (Å²) in [6.07, 6.45) is 6.78. The Morgan fingerprint density at radius 3 is 3.05 bits per heavy atom. The Hall–Kier alpha value is -4.42. The Bertz CT molecular complexity index is 1490. The first-order valence-corrected chi connectivity index (χ1v) is 12.3. The van der Waals surface area contributed by atoms with Crippen molar-refractivity contribution in [2.45, 2.75) is 6.10 Å². The number of pyridine rings is 1. The van der Waals surface area contributed by atoms with Gasteiger partial charge in [-0.25, -0.2) is 15.0 Å². The number of nitrogens with one attached hydrogen (secondary N) is 2. The van der Waals surface area contributed by atoms with Crippen LogP contribution in [0.4, 0.5) is 17.2 Å². The molecular weight excluding hydrogens is 490 g/mol. The standard InChI is InChI=1S/C26H27N7O5/c1-36-22-11-17(2-3-21(22)32-7-9-37-18(13-32)15-34)30-23-24-27-4-6-33(24)14-20(31-23)16-10-19-25(35)28-5-8-38-26(19)29-12-16/h2-4,6,10-12,14,18,34H,5,7-9,13,15H2,1H3,(H,28,35)(H,30,31)/t18-/m1/s1. The Morgan fingerprint density at radius 2 is 2.18 bits per heavy atom. The predicted octanol–water partition coefficient (Wildman–Crippen LogP) is 1.86. The van der Waals surface area contributed by atoms with Gasteiger partial charge in [0.05, 0.1) is 44.4 Å². The summed E-state index contributed by atoms with van der Waals surface area (Å²) >= 11 is 0. The number of amides is 1. The van der Waals surface area contributed by atoms with Crippen LogP contribution in [0.5, 0.6) is 11.6 Å². The third-order valence-electron chi connectivity index (χ3n) is 6.52. The minimum absolute atomic E-state index is 0.0295. The molecule has 2 aliphatic heterocycles. The van der Waals surface area contributed by atoms with Gasteiger partial charge in [0.15, 0.2) is 11.5 Å². The van der Waals surface area contributed by atoms with Crippen LogP contribution in [-0.2, 0) is 4.74 Å². The zero-order chi connectivity index (χ0) is 26.1. The lowest BCUT2D eigenvalue weighted by atomic mass is 10.1. The van der Waals surface area contributed by atoms with E-state index in [4.69, 9.17) is 19.2 Å².